The van der Waals surface area contributed by atoms with Crippen LogP contribution in [0.3, 0.4) is 0 Å². The number of carbonyl (C=O) groups excluding carboxylic acids is 2. The van der Waals surface area contributed by atoms with Gasteiger partial charge in [-0.3, -0.25) is 9.59 Å². The van der Waals surface area contributed by atoms with Crippen LogP contribution in [0.2, 0.25) is 0 Å². The van der Waals surface area contributed by atoms with Crippen molar-refractivity contribution in [1.82, 2.24) is 0 Å². The Morgan fingerprint density at radius 2 is 2.00 bits per heavy atom. The highest BCUT2D eigenvalue weighted by atomic mass is 16.5. The average Bonchev–Trinajstić information content (AvgIpc) is 2.42. The van der Waals surface area contributed by atoms with Crippen molar-refractivity contribution in [3.8, 4) is 0 Å². The lowest BCUT2D eigenvalue weighted by Gasteiger charge is -2.13. The molecule has 0 aliphatic rings. The maximum Gasteiger partial charge on any atom is 0.225 e. The highest BCUT2D eigenvalue weighted by Gasteiger charge is 2.18. The molecular formula is C14H16O4. The normalized spacial score (nSPS) is 12.9. The van der Waals surface area contributed by atoms with E-state index in [0.717, 1.165) is 11.6 Å². The number of aldehydes is 1. The van der Waals surface area contributed by atoms with E-state index in [-0.39, 0.29) is 11.5 Å². The predicted octanol–water partition coefficient (Wildman–Crippen LogP) is 1.89. The van der Waals surface area contributed by atoms with E-state index in [9.17, 15) is 9.59 Å². The summed E-state index contributed by atoms with van der Waals surface area (Å²) in [6.45, 7) is 1.97. The first-order valence-electron chi connectivity index (χ1n) is 5.58. The fraction of sp³-hybridized carbons (Fsp3) is 0.286. The Hall–Kier alpha value is -1.94. The van der Waals surface area contributed by atoms with Gasteiger partial charge in [-0.2, -0.15) is 0 Å². The molecule has 0 saturated carbocycles. The Kier molecular flexibility index (Phi) is 5.80. The SMILES string of the molecule is CO/C(=C\C=O)C(=O)[C@H](C)OCc1ccccc1. The second-order valence-electron chi connectivity index (χ2n) is 3.67. The molecule has 1 aromatic carbocycles. The fourth-order valence-corrected chi connectivity index (χ4v) is 1.38. The van der Waals surface area contributed by atoms with E-state index in [0.29, 0.717) is 12.9 Å². The second kappa shape index (κ2) is 7.40. The molecule has 0 aliphatic carbocycles. The Bertz CT molecular complexity index is 423. The standard InChI is InChI=1S/C14H16O4/c1-11(14(16)13(17-2)8-9-15)18-10-12-6-4-3-5-7-12/h3-9,11H,10H2,1-2H3/b13-8-/t11-/m0/s1. The Morgan fingerprint density at radius 3 is 2.56 bits per heavy atom. The van der Waals surface area contributed by atoms with Crippen LogP contribution in [0.15, 0.2) is 42.2 Å². The topological polar surface area (TPSA) is 52.6 Å². The number of carbonyl (C=O) groups is 2. The summed E-state index contributed by atoms with van der Waals surface area (Å²) in [6.07, 6.45) is 0.946. The first-order valence-corrected chi connectivity index (χ1v) is 5.58. The third kappa shape index (κ3) is 4.14. The number of allylic oxidation sites excluding steroid dienone is 1. The maximum absolute atomic E-state index is 11.8. The molecule has 0 radical (unpaired) electrons. The number of benzene rings is 1. The minimum absolute atomic E-state index is 0.00515. The van der Waals surface area contributed by atoms with Crippen LogP contribution in [0.25, 0.3) is 0 Å². The number of Topliss-reactive ketones (excluding diaryl/α,β-unsaturated/α-hetero) is 1. The highest BCUT2D eigenvalue weighted by Crippen LogP contribution is 2.08. The Morgan fingerprint density at radius 1 is 1.33 bits per heavy atom. The van der Waals surface area contributed by atoms with Crippen molar-refractivity contribution < 1.29 is 19.1 Å². The molecule has 4 nitrogen and oxygen atoms in total. The summed E-state index contributed by atoms with van der Waals surface area (Å²) in [7, 11) is 1.34. The number of ketones is 1. The van der Waals surface area contributed by atoms with E-state index in [4.69, 9.17) is 9.47 Å². The Balaban J connectivity index is 2.55. The lowest BCUT2D eigenvalue weighted by molar-refractivity contribution is -0.129. The van der Waals surface area contributed by atoms with Crippen LogP contribution in [0.1, 0.15) is 12.5 Å². The summed E-state index contributed by atoms with van der Waals surface area (Å²) in [4.78, 5) is 22.1. The molecular weight excluding hydrogens is 232 g/mol. The lowest BCUT2D eigenvalue weighted by atomic mass is 10.2. The number of ether oxygens (including phenoxy) is 2. The van der Waals surface area contributed by atoms with Gasteiger partial charge in [-0.1, -0.05) is 30.3 Å². The molecule has 0 fully saturated rings. The number of methoxy groups -OCH3 is 1. The molecule has 0 aromatic heterocycles. The van der Waals surface area contributed by atoms with Gasteiger partial charge in [0.15, 0.2) is 5.76 Å². The van der Waals surface area contributed by atoms with Crippen molar-refractivity contribution in [1.29, 1.82) is 0 Å². The van der Waals surface area contributed by atoms with E-state index in [2.05, 4.69) is 0 Å². The summed E-state index contributed by atoms with van der Waals surface area (Å²) in [5.74, 6) is -0.342. The van der Waals surface area contributed by atoms with Crippen LogP contribution in [0, 0.1) is 0 Å². The van der Waals surface area contributed by atoms with Gasteiger partial charge in [0.05, 0.1) is 13.7 Å². The average molecular weight is 248 g/mol. The van der Waals surface area contributed by atoms with Crippen LogP contribution in [-0.4, -0.2) is 25.3 Å². The van der Waals surface area contributed by atoms with Crippen LogP contribution in [0.4, 0.5) is 0 Å². The van der Waals surface area contributed by atoms with E-state index < -0.39 is 6.10 Å². The molecule has 18 heavy (non-hydrogen) atoms. The fourth-order valence-electron chi connectivity index (χ4n) is 1.38. The van der Waals surface area contributed by atoms with Gasteiger partial charge in [0.1, 0.15) is 12.4 Å². The smallest absolute Gasteiger partial charge is 0.225 e. The molecule has 0 unspecified atom stereocenters. The highest BCUT2D eigenvalue weighted by molar-refractivity contribution is 5.99. The van der Waals surface area contributed by atoms with Gasteiger partial charge < -0.3 is 9.47 Å². The minimum Gasteiger partial charge on any atom is -0.493 e. The zero-order valence-electron chi connectivity index (χ0n) is 10.5. The zero-order valence-corrected chi connectivity index (χ0v) is 10.5. The molecule has 1 rings (SSSR count). The maximum atomic E-state index is 11.8. The van der Waals surface area contributed by atoms with Gasteiger partial charge in [-0.05, 0) is 12.5 Å². The third-order valence-corrected chi connectivity index (χ3v) is 2.39. The second-order valence-corrected chi connectivity index (χ2v) is 3.67. The van der Waals surface area contributed by atoms with Gasteiger partial charge in [-0.15, -0.1) is 0 Å². The molecule has 0 N–H and O–H groups in total. The molecule has 0 bridgehead atoms. The molecule has 0 saturated heterocycles. The van der Waals surface area contributed by atoms with Crippen LogP contribution in [0.5, 0.6) is 0 Å². The summed E-state index contributed by atoms with van der Waals surface area (Å²) in [6, 6.07) is 9.54. The van der Waals surface area contributed by atoms with E-state index in [1.54, 1.807) is 6.92 Å². The Labute approximate surface area is 106 Å². The largest absolute Gasteiger partial charge is 0.493 e. The molecule has 96 valence electrons. The summed E-state index contributed by atoms with van der Waals surface area (Å²) in [5.41, 5.74) is 0.982. The predicted molar refractivity (Wildman–Crippen MR) is 66.9 cm³/mol. The number of hydrogen-bond donors (Lipinski definition) is 0. The summed E-state index contributed by atoms with van der Waals surface area (Å²) in [5, 5.41) is 0. The monoisotopic (exact) mass is 248 g/mol. The first kappa shape index (κ1) is 14.1. The van der Waals surface area contributed by atoms with E-state index >= 15 is 0 Å². The molecule has 4 heteroatoms. The van der Waals surface area contributed by atoms with Crippen molar-refractivity contribution in [3.63, 3.8) is 0 Å². The lowest BCUT2D eigenvalue weighted by Crippen LogP contribution is -2.23. The van der Waals surface area contributed by atoms with Crippen molar-refractivity contribution >= 4 is 12.1 Å². The van der Waals surface area contributed by atoms with Gasteiger partial charge in [0, 0.05) is 6.08 Å². The quantitative estimate of drug-likeness (QED) is 0.420. The molecule has 1 atom stereocenters. The van der Waals surface area contributed by atoms with Gasteiger partial charge in [-0.25, -0.2) is 0 Å². The van der Waals surface area contributed by atoms with Gasteiger partial charge >= 0.3 is 0 Å². The van der Waals surface area contributed by atoms with Crippen LogP contribution in [-0.2, 0) is 25.7 Å². The van der Waals surface area contributed by atoms with Crippen LogP contribution >= 0.6 is 0 Å². The molecule has 0 spiro atoms. The summed E-state index contributed by atoms with van der Waals surface area (Å²) >= 11 is 0. The molecule has 0 heterocycles. The minimum atomic E-state index is -0.656. The van der Waals surface area contributed by atoms with Crippen LogP contribution < -0.4 is 0 Å². The van der Waals surface area contributed by atoms with E-state index in [1.165, 1.54) is 7.11 Å². The van der Waals surface area contributed by atoms with Gasteiger partial charge in [0.25, 0.3) is 0 Å². The zero-order chi connectivity index (χ0) is 13.4. The third-order valence-electron chi connectivity index (χ3n) is 2.39. The van der Waals surface area contributed by atoms with Gasteiger partial charge in [0.2, 0.25) is 5.78 Å². The number of hydrogen-bond acceptors (Lipinski definition) is 4. The molecule has 0 amide bonds. The first-order chi connectivity index (χ1) is 8.69. The van der Waals surface area contributed by atoms with Crippen molar-refractivity contribution in [2.24, 2.45) is 0 Å². The molecule has 0 aliphatic heterocycles. The molecule has 1 aromatic rings. The number of rotatable bonds is 7. The van der Waals surface area contributed by atoms with Crippen molar-refractivity contribution in [3.05, 3.63) is 47.7 Å². The van der Waals surface area contributed by atoms with Crippen molar-refractivity contribution in [2.45, 2.75) is 19.6 Å². The summed E-state index contributed by atoms with van der Waals surface area (Å²) < 4.78 is 10.3. The van der Waals surface area contributed by atoms with Crippen molar-refractivity contribution in [2.75, 3.05) is 7.11 Å². The van der Waals surface area contributed by atoms with E-state index in [1.807, 2.05) is 30.3 Å².